The number of rotatable bonds is 16. The molecule has 208 valence electrons. The molecule has 2 heterocycles. The Hall–Kier alpha value is -2.75. The van der Waals surface area contributed by atoms with Gasteiger partial charge in [0, 0.05) is 37.5 Å². The Bertz CT molecular complexity index is 1050. The number of carboxylic acids is 1. The number of hydrogen-bond acceptors (Lipinski definition) is 6. The predicted molar refractivity (Wildman–Crippen MR) is 147 cm³/mol. The summed E-state index contributed by atoms with van der Waals surface area (Å²) in [5, 5.41) is 16.2. The number of hydrogen-bond donors (Lipinski definition) is 3. The van der Waals surface area contributed by atoms with Crippen LogP contribution >= 0.6 is 11.6 Å². The average molecular weight is 549 g/mol. The highest BCUT2D eigenvalue weighted by Crippen LogP contribution is 2.20. The normalized spacial score (nSPS) is 14.4. The van der Waals surface area contributed by atoms with Gasteiger partial charge in [0.2, 0.25) is 5.91 Å². The van der Waals surface area contributed by atoms with Crippen LogP contribution < -0.4 is 10.6 Å². The molecule has 0 spiro atoms. The Morgan fingerprint density at radius 3 is 2.84 bits per heavy atom. The van der Waals surface area contributed by atoms with E-state index >= 15 is 0 Å². The fourth-order valence-electron chi connectivity index (χ4n) is 4.57. The van der Waals surface area contributed by atoms with Gasteiger partial charge in [-0.15, -0.1) is 0 Å². The van der Waals surface area contributed by atoms with Gasteiger partial charge in [-0.25, -0.2) is 14.2 Å². The van der Waals surface area contributed by atoms with Crippen molar-refractivity contribution in [1.29, 1.82) is 0 Å². The Kier molecular flexibility index (Phi) is 12.2. The van der Waals surface area contributed by atoms with Crippen molar-refractivity contribution in [3.05, 3.63) is 58.2 Å². The lowest BCUT2D eigenvalue weighted by Crippen LogP contribution is -2.45. The summed E-state index contributed by atoms with van der Waals surface area (Å²) >= 11 is 5.97. The zero-order valence-electron chi connectivity index (χ0n) is 21.9. The third-order valence-electron chi connectivity index (χ3n) is 6.70. The minimum Gasteiger partial charge on any atom is -0.480 e. The molecule has 0 saturated carbocycles. The number of fused-ring (bicyclic) bond motifs is 1. The van der Waals surface area contributed by atoms with Crippen molar-refractivity contribution in [2.45, 2.75) is 57.1 Å². The van der Waals surface area contributed by atoms with Crippen LogP contribution in [0.2, 0.25) is 5.02 Å². The second-order valence-electron chi connectivity index (χ2n) is 9.66. The summed E-state index contributed by atoms with van der Waals surface area (Å²) in [5.74, 6) is -0.513. The summed E-state index contributed by atoms with van der Waals surface area (Å²) in [6.45, 7) is 1.71. The second-order valence-corrected chi connectivity index (χ2v) is 10.1. The summed E-state index contributed by atoms with van der Waals surface area (Å²) in [5.41, 5.74) is 3.00. The Labute approximate surface area is 228 Å². The lowest BCUT2D eigenvalue weighted by atomic mass is 10.1. The van der Waals surface area contributed by atoms with Gasteiger partial charge in [0.15, 0.2) is 0 Å². The van der Waals surface area contributed by atoms with E-state index in [2.05, 4.69) is 22.8 Å². The molecule has 10 heteroatoms. The molecular formula is C28H38ClFN4O4. The van der Waals surface area contributed by atoms with Gasteiger partial charge in [0.25, 0.3) is 0 Å². The monoisotopic (exact) mass is 548 g/mol. The molecule has 0 aliphatic carbocycles. The molecule has 3 N–H and O–H groups in total. The molecule has 1 amide bonds. The van der Waals surface area contributed by atoms with Gasteiger partial charge in [-0.05, 0) is 74.4 Å². The average Bonchev–Trinajstić information content (AvgIpc) is 2.91. The van der Waals surface area contributed by atoms with Crippen molar-refractivity contribution >= 4 is 29.3 Å². The van der Waals surface area contributed by atoms with Gasteiger partial charge in [-0.3, -0.25) is 4.79 Å². The van der Waals surface area contributed by atoms with Gasteiger partial charge in [0.1, 0.15) is 18.5 Å². The molecule has 8 nitrogen and oxygen atoms in total. The van der Waals surface area contributed by atoms with E-state index < -0.39 is 30.7 Å². The van der Waals surface area contributed by atoms with Gasteiger partial charge in [0.05, 0.1) is 12.5 Å². The number of nitrogens with one attached hydrogen (secondary N) is 2. The molecule has 3 rings (SSSR count). The number of pyridine rings is 1. The number of unbranched alkanes of at least 4 members (excludes halogenated alkanes) is 1. The minimum atomic E-state index is -1.11. The van der Waals surface area contributed by atoms with Gasteiger partial charge in [-0.1, -0.05) is 29.8 Å². The van der Waals surface area contributed by atoms with E-state index in [1.165, 1.54) is 12.7 Å². The van der Waals surface area contributed by atoms with E-state index in [0.717, 1.165) is 50.2 Å². The minimum absolute atomic E-state index is 0.0356. The van der Waals surface area contributed by atoms with E-state index in [1.807, 2.05) is 4.90 Å². The van der Waals surface area contributed by atoms with Gasteiger partial charge < -0.3 is 25.4 Å². The number of ether oxygens (including phenoxy) is 1. The fourth-order valence-corrected chi connectivity index (χ4v) is 4.78. The van der Waals surface area contributed by atoms with Crippen molar-refractivity contribution in [2.24, 2.45) is 0 Å². The largest absolute Gasteiger partial charge is 0.480 e. The third kappa shape index (κ3) is 9.85. The zero-order chi connectivity index (χ0) is 27.3. The first-order valence-electron chi connectivity index (χ1n) is 13.2. The van der Waals surface area contributed by atoms with Crippen molar-refractivity contribution < 1.29 is 23.8 Å². The Morgan fingerprint density at radius 1 is 1.26 bits per heavy atom. The maximum atomic E-state index is 13.4. The number of carbonyl (C=O) groups is 2. The number of alkyl halides is 1. The highest BCUT2D eigenvalue weighted by atomic mass is 35.5. The Balaban J connectivity index is 1.50. The van der Waals surface area contributed by atoms with E-state index in [4.69, 9.17) is 21.3 Å². The number of carboxylic acid groups (broad SMARTS) is 1. The molecule has 1 aliphatic rings. The van der Waals surface area contributed by atoms with Crippen LogP contribution in [-0.2, 0) is 33.6 Å². The van der Waals surface area contributed by atoms with Gasteiger partial charge in [-0.2, -0.15) is 0 Å². The number of amides is 1. The van der Waals surface area contributed by atoms with Crippen molar-refractivity contribution in [2.75, 3.05) is 45.3 Å². The maximum Gasteiger partial charge on any atom is 0.326 e. The van der Waals surface area contributed by atoms with Crippen LogP contribution in [0, 0.1) is 0 Å². The molecule has 2 atom stereocenters. The lowest BCUT2D eigenvalue weighted by Gasteiger charge is -2.27. The van der Waals surface area contributed by atoms with Crippen LogP contribution in [0.4, 0.5) is 10.2 Å². The quantitative estimate of drug-likeness (QED) is 0.273. The first-order chi connectivity index (χ1) is 18.4. The molecule has 2 aromatic rings. The van der Waals surface area contributed by atoms with Crippen LogP contribution in [0.25, 0.3) is 0 Å². The topological polar surface area (TPSA) is 104 Å². The van der Waals surface area contributed by atoms with Crippen molar-refractivity contribution in [3.63, 3.8) is 0 Å². The smallest absolute Gasteiger partial charge is 0.326 e. The van der Waals surface area contributed by atoms with E-state index in [-0.39, 0.29) is 12.8 Å². The number of aromatic nitrogens is 1. The molecule has 1 aromatic carbocycles. The molecule has 1 aliphatic heterocycles. The van der Waals surface area contributed by atoms with E-state index in [0.29, 0.717) is 30.2 Å². The number of methoxy groups -OCH3 is 1. The van der Waals surface area contributed by atoms with Crippen molar-refractivity contribution in [1.82, 2.24) is 15.2 Å². The summed E-state index contributed by atoms with van der Waals surface area (Å²) in [7, 11) is 1.47. The summed E-state index contributed by atoms with van der Waals surface area (Å²) in [6, 6.07) is 10.1. The number of aryl methyl sites for hydroxylation is 2. The van der Waals surface area contributed by atoms with E-state index in [9.17, 15) is 19.1 Å². The van der Waals surface area contributed by atoms with Crippen LogP contribution in [0.1, 0.15) is 42.5 Å². The van der Waals surface area contributed by atoms with Crippen LogP contribution in [0.15, 0.2) is 36.4 Å². The second kappa shape index (κ2) is 15.6. The molecule has 2 unspecified atom stereocenters. The van der Waals surface area contributed by atoms with Crippen LogP contribution in [0.5, 0.6) is 0 Å². The van der Waals surface area contributed by atoms with Gasteiger partial charge >= 0.3 is 5.97 Å². The molecular weight excluding hydrogens is 511 g/mol. The number of benzene rings is 1. The van der Waals surface area contributed by atoms with Crippen LogP contribution in [-0.4, -0.2) is 79.0 Å². The fraction of sp³-hybridized carbons (Fsp3) is 0.536. The molecule has 0 saturated heterocycles. The molecule has 0 bridgehead atoms. The summed E-state index contributed by atoms with van der Waals surface area (Å²) in [6.07, 6.45) is 4.38. The van der Waals surface area contributed by atoms with Crippen molar-refractivity contribution in [3.8, 4) is 0 Å². The maximum absolute atomic E-state index is 13.4. The predicted octanol–water partition coefficient (Wildman–Crippen LogP) is 3.90. The first-order valence-corrected chi connectivity index (χ1v) is 13.6. The number of aliphatic carboxylic acids is 1. The molecule has 1 aromatic heterocycles. The van der Waals surface area contributed by atoms with Crippen LogP contribution in [0.3, 0.4) is 0 Å². The number of carbonyl (C=O) groups excluding carboxylic acids is 1. The zero-order valence-corrected chi connectivity index (χ0v) is 22.7. The SMILES string of the molecule is COC(CF)CN(CCCCc1ccc2c(n1)NCCC2)CCC(NC(=O)Cc1cccc(Cl)c1)C(=O)O. The third-order valence-corrected chi connectivity index (χ3v) is 6.93. The highest BCUT2D eigenvalue weighted by Gasteiger charge is 2.22. The molecule has 0 radical (unpaired) electrons. The number of nitrogens with zero attached hydrogens (tertiary/aromatic N) is 2. The number of halogens is 2. The highest BCUT2D eigenvalue weighted by molar-refractivity contribution is 6.30. The Morgan fingerprint density at radius 2 is 2.11 bits per heavy atom. The summed E-state index contributed by atoms with van der Waals surface area (Å²) in [4.78, 5) is 31.1. The standard InChI is InChI=1S/C28H38ClFN4O4/c1-38-24(18-30)19-34(14-3-2-9-23-11-10-21-7-5-13-31-27(21)32-23)15-12-25(28(36)37)33-26(35)17-20-6-4-8-22(29)16-20/h4,6,8,10-11,16,24-25H,2-3,5,7,9,12-15,17-19H2,1H3,(H,31,32)(H,33,35)(H,36,37). The molecule has 38 heavy (non-hydrogen) atoms. The molecule has 0 fully saturated rings. The first kappa shape index (κ1) is 29.8. The summed E-state index contributed by atoms with van der Waals surface area (Å²) < 4.78 is 18.6. The lowest BCUT2D eigenvalue weighted by molar-refractivity contribution is -0.142. The number of anilines is 1. The van der Waals surface area contributed by atoms with E-state index in [1.54, 1.807) is 24.3 Å².